The van der Waals surface area contributed by atoms with Crippen LogP contribution in [0.3, 0.4) is 0 Å². The molecule has 0 saturated carbocycles. The minimum Gasteiger partial charge on any atom is -0.465 e. The molecule has 0 fully saturated rings. The second kappa shape index (κ2) is 7.44. The van der Waals surface area contributed by atoms with Crippen LogP contribution in [0.15, 0.2) is 48.8 Å². The van der Waals surface area contributed by atoms with Gasteiger partial charge in [0.2, 0.25) is 0 Å². The SMILES string of the molecule is N#CCn1ccc(-c2cc(-c3ccc(F)cc3)ncc2CNC(=O)O)n1. The van der Waals surface area contributed by atoms with Crippen molar-refractivity contribution in [2.24, 2.45) is 0 Å². The summed E-state index contributed by atoms with van der Waals surface area (Å²) in [6, 6.07) is 11.4. The lowest BCUT2D eigenvalue weighted by Gasteiger charge is -2.10. The number of rotatable bonds is 5. The number of nitrogens with zero attached hydrogens (tertiary/aromatic N) is 4. The second-order valence-electron chi connectivity index (χ2n) is 5.45. The summed E-state index contributed by atoms with van der Waals surface area (Å²) in [5, 5.41) is 24.3. The molecule has 0 radical (unpaired) electrons. The molecule has 0 aliphatic rings. The molecule has 0 bridgehead atoms. The number of hydrogen-bond acceptors (Lipinski definition) is 4. The van der Waals surface area contributed by atoms with Crippen LogP contribution in [-0.2, 0) is 13.1 Å². The summed E-state index contributed by atoms with van der Waals surface area (Å²) >= 11 is 0. The van der Waals surface area contributed by atoms with Crippen molar-refractivity contribution < 1.29 is 14.3 Å². The Kier molecular flexibility index (Phi) is 4.90. The number of nitriles is 1. The Morgan fingerprint density at radius 3 is 2.73 bits per heavy atom. The van der Waals surface area contributed by atoms with Crippen LogP contribution in [0, 0.1) is 17.1 Å². The molecular weight excluding hydrogens is 337 g/mol. The molecule has 3 aromatic rings. The molecule has 130 valence electrons. The molecule has 2 aromatic heterocycles. The normalized spacial score (nSPS) is 10.3. The van der Waals surface area contributed by atoms with Crippen LogP contribution in [0.25, 0.3) is 22.5 Å². The largest absolute Gasteiger partial charge is 0.465 e. The fraction of sp³-hybridized carbons (Fsp3) is 0.111. The Labute approximate surface area is 148 Å². The number of nitrogens with one attached hydrogen (secondary N) is 1. The highest BCUT2D eigenvalue weighted by Gasteiger charge is 2.12. The molecule has 0 spiro atoms. The monoisotopic (exact) mass is 351 g/mol. The lowest BCUT2D eigenvalue weighted by Crippen LogP contribution is -2.20. The van der Waals surface area contributed by atoms with E-state index in [1.54, 1.807) is 36.7 Å². The molecule has 1 aromatic carbocycles. The number of carbonyl (C=O) groups is 1. The number of benzene rings is 1. The zero-order chi connectivity index (χ0) is 18.5. The molecule has 2 heterocycles. The third-order valence-corrected chi connectivity index (χ3v) is 3.71. The fourth-order valence-electron chi connectivity index (χ4n) is 2.48. The standard InChI is InChI=1S/C18H14FN5O2/c19-14-3-1-12(2-4-14)17-9-15(13(10-21-17)11-22-18(25)26)16-5-7-24(23-16)8-6-20/h1-5,7,9-10,22H,8,11H2,(H,25,26). The highest BCUT2D eigenvalue weighted by Crippen LogP contribution is 2.27. The Morgan fingerprint density at radius 2 is 2.04 bits per heavy atom. The van der Waals surface area contributed by atoms with Crippen molar-refractivity contribution >= 4 is 6.09 Å². The van der Waals surface area contributed by atoms with Gasteiger partial charge in [-0.05, 0) is 42.0 Å². The molecule has 0 saturated heterocycles. The molecular formula is C18H14FN5O2. The van der Waals surface area contributed by atoms with Crippen molar-refractivity contribution in [3.05, 3.63) is 60.2 Å². The zero-order valence-corrected chi connectivity index (χ0v) is 13.6. The van der Waals surface area contributed by atoms with Gasteiger partial charge in [-0.25, -0.2) is 9.18 Å². The van der Waals surface area contributed by atoms with E-state index >= 15 is 0 Å². The number of hydrogen-bond donors (Lipinski definition) is 2. The van der Waals surface area contributed by atoms with Crippen LogP contribution >= 0.6 is 0 Å². The van der Waals surface area contributed by atoms with Crippen molar-refractivity contribution in [2.45, 2.75) is 13.1 Å². The number of carboxylic acid groups (broad SMARTS) is 1. The van der Waals surface area contributed by atoms with E-state index in [-0.39, 0.29) is 18.9 Å². The average Bonchev–Trinajstić information content (AvgIpc) is 3.09. The summed E-state index contributed by atoms with van der Waals surface area (Å²) < 4.78 is 14.6. The van der Waals surface area contributed by atoms with E-state index in [1.165, 1.54) is 16.8 Å². The first-order chi connectivity index (χ1) is 12.6. The molecule has 0 atom stereocenters. The van der Waals surface area contributed by atoms with Crippen molar-refractivity contribution in [1.82, 2.24) is 20.1 Å². The van der Waals surface area contributed by atoms with Gasteiger partial charge < -0.3 is 10.4 Å². The fourth-order valence-corrected chi connectivity index (χ4v) is 2.48. The number of aromatic nitrogens is 3. The third kappa shape index (κ3) is 3.84. The predicted octanol–water partition coefficient (Wildman–Crippen LogP) is 3.04. The van der Waals surface area contributed by atoms with Crippen molar-refractivity contribution in [3.8, 4) is 28.6 Å². The number of pyridine rings is 1. The first-order valence-corrected chi connectivity index (χ1v) is 7.69. The highest BCUT2D eigenvalue weighted by atomic mass is 19.1. The van der Waals surface area contributed by atoms with Crippen molar-refractivity contribution in [3.63, 3.8) is 0 Å². The molecule has 0 unspecified atom stereocenters. The van der Waals surface area contributed by atoms with E-state index in [1.807, 2.05) is 6.07 Å². The summed E-state index contributed by atoms with van der Waals surface area (Å²) in [5.74, 6) is -0.341. The molecule has 26 heavy (non-hydrogen) atoms. The minimum absolute atomic E-state index is 0.0620. The quantitative estimate of drug-likeness (QED) is 0.735. The van der Waals surface area contributed by atoms with Crippen molar-refractivity contribution in [2.75, 3.05) is 0 Å². The first-order valence-electron chi connectivity index (χ1n) is 7.69. The predicted molar refractivity (Wildman–Crippen MR) is 91.3 cm³/mol. The van der Waals surface area contributed by atoms with Gasteiger partial charge in [0.25, 0.3) is 0 Å². The summed E-state index contributed by atoms with van der Waals surface area (Å²) in [6.45, 7) is 0.172. The van der Waals surface area contributed by atoms with Crippen LogP contribution < -0.4 is 5.32 Å². The van der Waals surface area contributed by atoms with Crippen LogP contribution in [0.4, 0.5) is 9.18 Å². The van der Waals surface area contributed by atoms with Gasteiger partial charge in [-0.2, -0.15) is 10.4 Å². The number of halogens is 1. The molecule has 3 rings (SSSR count). The molecule has 0 aliphatic heterocycles. The smallest absolute Gasteiger partial charge is 0.404 e. The summed E-state index contributed by atoms with van der Waals surface area (Å²) in [4.78, 5) is 15.2. The maximum absolute atomic E-state index is 13.1. The third-order valence-electron chi connectivity index (χ3n) is 3.71. The van der Waals surface area contributed by atoms with Crippen LogP contribution in [0.2, 0.25) is 0 Å². The number of amides is 1. The van der Waals surface area contributed by atoms with Gasteiger partial charge in [0.1, 0.15) is 12.4 Å². The van der Waals surface area contributed by atoms with Gasteiger partial charge in [0, 0.05) is 30.1 Å². The van der Waals surface area contributed by atoms with Gasteiger partial charge in [0.05, 0.1) is 17.5 Å². The second-order valence-corrected chi connectivity index (χ2v) is 5.45. The molecule has 2 N–H and O–H groups in total. The van der Waals surface area contributed by atoms with Gasteiger partial charge in [-0.1, -0.05) is 0 Å². The maximum atomic E-state index is 13.1. The van der Waals surface area contributed by atoms with E-state index in [4.69, 9.17) is 10.4 Å². The van der Waals surface area contributed by atoms with E-state index in [0.29, 0.717) is 22.5 Å². The highest BCUT2D eigenvalue weighted by molar-refractivity contribution is 5.71. The first kappa shape index (κ1) is 17.1. The maximum Gasteiger partial charge on any atom is 0.404 e. The van der Waals surface area contributed by atoms with Crippen LogP contribution in [-0.4, -0.2) is 26.0 Å². The van der Waals surface area contributed by atoms with Gasteiger partial charge in [-0.3, -0.25) is 9.67 Å². The summed E-state index contributed by atoms with van der Waals surface area (Å²) in [6.07, 6.45) is 2.09. The molecule has 1 amide bonds. The zero-order valence-electron chi connectivity index (χ0n) is 13.6. The lowest BCUT2D eigenvalue weighted by molar-refractivity contribution is 0.194. The average molecular weight is 351 g/mol. The Hall–Kier alpha value is -3.73. The van der Waals surface area contributed by atoms with E-state index in [0.717, 1.165) is 5.56 Å². The Bertz CT molecular complexity index is 976. The lowest BCUT2D eigenvalue weighted by atomic mass is 10.0. The molecule has 8 heteroatoms. The van der Waals surface area contributed by atoms with Gasteiger partial charge >= 0.3 is 6.09 Å². The van der Waals surface area contributed by atoms with Crippen LogP contribution in [0.1, 0.15) is 5.56 Å². The Balaban J connectivity index is 2.03. The molecule has 7 nitrogen and oxygen atoms in total. The van der Waals surface area contributed by atoms with E-state index in [2.05, 4.69) is 15.4 Å². The summed E-state index contributed by atoms with van der Waals surface area (Å²) in [7, 11) is 0. The van der Waals surface area contributed by atoms with Gasteiger partial charge in [0.15, 0.2) is 0 Å². The molecule has 0 aliphatic carbocycles. The topological polar surface area (TPSA) is 104 Å². The summed E-state index contributed by atoms with van der Waals surface area (Å²) in [5.41, 5.74) is 3.24. The minimum atomic E-state index is -1.14. The van der Waals surface area contributed by atoms with E-state index < -0.39 is 6.09 Å². The Morgan fingerprint density at radius 1 is 1.27 bits per heavy atom. The van der Waals surface area contributed by atoms with Crippen LogP contribution in [0.5, 0.6) is 0 Å². The van der Waals surface area contributed by atoms with E-state index in [9.17, 15) is 9.18 Å². The van der Waals surface area contributed by atoms with Crippen molar-refractivity contribution in [1.29, 1.82) is 5.26 Å². The van der Waals surface area contributed by atoms with Gasteiger partial charge in [-0.15, -0.1) is 0 Å².